The smallest absolute Gasteiger partial charge is 0.379 e. The second-order valence-electron chi connectivity index (χ2n) is 3.32. The third kappa shape index (κ3) is 3.30. The van der Waals surface area contributed by atoms with Gasteiger partial charge in [-0.05, 0) is 26.0 Å². The Bertz CT molecular complexity index is 470. The van der Waals surface area contributed by atoms with Gasteiger partial charge in [-0.2, -0.15) is 0 Å². The minimum atomic E-state index is -0.940. The van der Waals surface area contributed by atoms with Crippen molar-refractivity contribution in [3.05, 3.63) is 35.7 Å². The standard InChI is InChI=1S/C12H12ClNO4/c1-3-17-12(16)10(15)8(2)11(18-13)9-5-4-6-14-7-9/h4-7H,3H2,1-2H3/b11-8-. The largest absolute Gasteiger partial charge is 0.460 e. The van der Waals surface area contributed by atoms with Crippen LogP contribution in [0.2, 0.25) is 0 Å². The summed E-state index contributed by atoms with van der Waals surface area (Å²) in [4.78, 5) is 26.9. The van der Waals surface area contributed by atoms with E-state index >= 15 is 0 Å². The van der Waals surface area contributed by atoms with Gasteiger partial charge in [0.25, 0.3) is 5.78 Å². The van der Waals surface area contributed by atoms with Crippen molar-refractivity contribution in [2.45, 2.75) is 13.8 Å². The Morgan fingerprint density at radius 1 is 1.44 bits per heavy atom. The number of nitrogens with zero attached hydrogens (tertiary/aromatic N) is 1. The number of esters is 1. The molecule has 0 radical (unpaired) electrons. The average Bonchev–Trinajstić information content (AvgIpc) is 2.40. The molecule has 0 spiro atoms. The van der Waals surface area contributed by atoms with Gasteiger partial charge in [-0.25, -0.2) is 4.79 Å². The lowest BCUT2D eigenvalue weighted by molar-refractivity contribution is -0.151. The number of carbonyl (C=O) groups is 2. The Labute approximate surface area is 110 Å². The first-order chi connectivity index (χ1) is 8.61. The van der Waals surface area contributed by atoms with Crippen LogP contribution in [-0.2, 0) is 18.6 Å². The van der Waals surface area contributed by atoms with E-state index in [9.17, 15) is 9.59 Å². The zero-order valence-corrected chi connectivity index (χ0v) is 10.7. The monoisotopic (exact) mass is 269 g/mol. The molecule has 0 aliphatic heterocycles. The van der Waals surface area contributed by atoms with Crippen LogP contribution in [0.3, 0.4) is 0 Å². The van der Waals surface area contributed by atoms with Crippen molar-refractivity contribution in [1.82, 2.24) is 4.98 Å². The number of hydrogen-bond donors (Lipinski definition) is 0. The maximum Gasteiger partial charge on any atom is 0.379 e. The summed E-state index contributed by atoms with van der Waals surface area (Å²) >= 11 is 5.33. The molecule has 0 amide bonds. The molecule has 0 N–H and O–H groups in total. The molecule has 0 fully saturated rings. The van der Waals surface area contributed by atoms with E-state index in [1.807, 2.05) is 0 Å². The highest BCUT2D eigenvalue weighted by Crippen LogP contribution is 2.21. The predicted molar refractivity (Wildman–Crippen MR) is 65.4 cm³/mol. The predicted octanol–water partition coefficient (Wildman–Crippen LogP) is 2.12. The highest BCUT2D eigenvalue weighted by Gasteiger charge is 2.22. The van der Waals surface area contributed by atoms with Crippen LogP contribution in [0.5, 0.6) is 0 Å². The lowest BCUT2D eigenvalue weighted by Crippen LogP contribution is -2.19. The highest BCUT2D eigenvalue weighted by molar-refractivity contribution is 6.41. The Hall–Kier alpha value is -1.88. The summed E-state index contributed by atoms with van der Waals surface area (Å²) in [7, 11) is 0. The Kier molecular flexibility index (Phi) is 5.32. The van der Waals surface area contributed by atoms with E-state index in [-0.39, 0.29) is 17.9 Å². The molecule has 0 aliphatic carbocycles. The molecule has 1 heterocycles. The van der Waals surface area contributed by atoms with Crippen molar-refractivity contribution in [3.63, 3.8) is 0 Å². The average molecular weight is 270 g/mol. The van der Waals surface area contributed by atoms with E-state index in [1.54, 1.807) is 25.3 Å². The number of hydrogen-bond acceptors (Lipinski definition) is 5. The van der Waals surface area contributed by atoms with Crippen LogP contribution in [0.25, 0.3) is 5.76 Å². The van der Waals surface area contributed by atoms with Gasteiger partial charge in [0.1, 0.15) is 11.9 Å². The van der Waals surface area contributed by atoms with Crippen LogP contribution in [0.4, 0.5) is 0 Å². The van der Waals surface area contributed by atoms with Crippen molar-refractivity contribution in [3.8, 4) is 0 Å². The van der Waals surface area contributed by atoms with Crippen LogP contribution >= 0.6 is 11.9 Å². The fourth-order valence-corrected chi connectivity index (χ4v) is 1.47. The van der Waals surface area contributed by atoms with Gasteiger partial charge < -0.3 is 9.03 Å². The molecule has 0 aliphatic rings. The number of ether oxygens (including phenoxy) is 1. The molecular formula is C12H12ClNO4. The molecule has 0 aromatic carbocycles. The number of Topliss-reactive ketones (excluding diaryl/α,β-unsaturated/α-hetero) is 1. The van der Waals surface area contributed by atoms with E-state index in [4.69, 9.17) is 11.9 Å². The maximum absolute atomic E-state index is 11.7. The van der Waals surface area contributed by atoms with E-state index in [0.717, 1.165) is 0 Å². The summed E-state index contributed by atoms with van der Waals surface area (Å²) in [5.74, 6) is -1.65. The second-order valence-corrected chi connectivity index (χ2v) is 3.48. The number of rotatable bonds is 5. The van der Waals surface area contributed by atoms with Crippen LogP contribution in [-0.4, -0.2) is 23.3 Å². The third-order valence-electron chi connectivity index (χ3n) is 2.14. The Morgan fingerprint density at radius 2 is 2.17 bits per heavy atom. The van der Waals surface area contributed by atoms with Crippen molar-refractivity contribution in [2.24, 2.45) is 0 Å². The van der Waals surface area contributed by atoms with Crippen LogP contribution in [0.15, 0.2) is 30.1 Å². The fraction of sp³-hybridized carbons (Fsp3) is 0.250. The quantitative estimate of drug-likeness (QED) is 0.354. The number of carbonyl (C=O) groups excluding carboxylic acids is 2. The summed E-state index contributed by atoms with van der Waals surface area (Å²) < 4.78 is 9.25. The topological polar surface area (TPSA) is 65.5 Å². The molecule has 96 valence electrons. The number of pyridine rings is 1. The van der Waals surface area contributed by atoms with Gasteiger partial charge in [0.05, 0.1) is 6.61 Å². The SMILES string of the molecule is CCOC(=O)C(=O)/C(C)=C(\OCl)c1cccnc1. The first-order valence-corrected chi connectivity index (χ1v) is 5.54. The molecule has 1 aromatic heterocycles. The van der Waals surface area contributed by atoms with Crippen LogP contribution < -0.4 is 0 Å². The first-order valence-electron chi connectivity index (χ1n) is 5.23. The second kappa shape index (κ2) is 6.76. The molecule has 5 nitrogen and oxygen atoms in total. The summed E-state index contributed by atoms with van der Waals surface area (Å²) in [6.07, 6.45) is 3.04. The van der Waals surface area contributed by atoms with Gasteiger partial charge in [-0.3, -0.25) is 9.78 Å². The number of aromatic nitrogens is 1. The summed E-state index contributed by atoms with van der Waals surface area (Å²) in [5, 5.41) is 0. The van der Waals surface area contributed by atoms with Gasteiger partial charge >= 0.3 is 5.97 Å². The van der Waals surface area contributed by atoms with E-state index in [0.29, 0.717) is 5.56 Å². The molecule has 1 aromatic rings. The molecule has 0 unspecified atom stereocenters. The van der Waals surface area contributed by atoms with E-state index < -0.39 is 11.8 Å². The Balaban J connectivity index is 3.08. The number of ketones is 1. The van der Waals surface area contributed by atoms with Gasteiger partial charge in [0.15, 0.2) is 5.76 Å². The molecule has 0 saturated carbocycles. The Morgan fingerprint density at radius 3 is 2.67 bits per heavy atom. The molecule has 0 atom stereocenters. The lowest BCUT2D eigenvalue weighted by Gasteiger charge is -2.07. The minimum Gasteiger partial charge on any atom is -0.460 e. The van der Waals surface area contributed by atoms with E-state index in [1.165, 1.54) is 13.1 Å². The van der Waals surface area contributed by atoms with Gasteiger partial charge in [-0.15, -0.1) is 0 Å². The molecule has 18 heavy (non-hydrogen) atoms. The van der Waals surface area contributed by atoms with Crippen LogP contribution in [0.1, 0.15) is 19.4 Å². The zero-order valence-electron chi connectivity index (χ0n) is 9.97. The highest BCUT2D eigenvalue weighted by atomic mass is 35.5. The lowest BCUT2D eigenvalue weighted by atomic mass is 10.1. The summed E-state index contributed by atoms with van der Waals surface area (Å²) in [6, 6.07) is 3.32. The molecule has 6 heteroatoms. The molecule has 1 rings (SSSR count). The minimum absolute atomic E-state index is 0.0662. The van der Waals surface area contributed by atoms with Crippen molar-refractivity contribution in [1.29, 1.82) is 0 Å². The van der Waals surface area contributed by atoms with Crippen molar-refractivity contribution >= 4 is 29.4 Å². The summed E-state index contributed by atoms with van der Waals surface area (Å²) in [6.45, 7) is 3.18. The normalized spacial score (nSPS) is 11.5. The molecule has 0 bridgehead atoms. The van der Waals surface area contributed by atoms with Crippen LogP contribution in [0, 0.1) is 0 Å². The summed E-state index contributed by atoms with van der Waals surface area (Å²) in [5.41, 5.74) is 0.569. The number of halogens is 1. The van der Waals surface area contributed by atoms with Crippen molar-refractivity contribution < 1.29 is 18.6 Å². The first kappa shape index (κ1) is 14.2. The zero-order chi connectivity index (χ0) is 13.5. The van der Waals surface area contributed by atoms with Gasteiger partial charge in [0.2, 0.25) is 0 Å². The third-order valence-corrected chi connectivity index (χ3v) is 2.30. The maximum atomic E-state index is 11.7. The molecular weight excluding hydrogens is 258 g/mol. The fourth-order valence-electron chi connectivity index (χ4n) is 1.27. The van der Waals surface area contributed by atoms with Gasteiger partial charge in [0, 0.05) is 23.5 Å². The van der Waals surface area contributed by atoms with Gasteiger partial charge in [-0.1, -0.05) is 0 Å². The van der Waals surface area contributed by atoms with Crippen molar-refractivity contribution in [2.75, 3.05) is 6.61 Å². The molecule has 0 saturated heterocycles. The van der Waals surface area contributed by atoms with E-state index in [2.05, 4.69) is 14.0 Å².